The third-order valence-corrected chi connectivity index (χ3v) is 3.49. The molecule has 104 valence electrons. The van der Waals surface area contributed by atoms with Crippen molar-refractivity contribution in [3.63, 3.8) is 0 Å². The zero-order valence-corrected chi connectivity index (χ0v) is 11.9. The van der Waals surface area contributed by atoms with Gasteiger partial charge in [-0.2, -0.15) is 0 Å². The predicted molar refractivity (Wildman–Crippen MR) is 79.7 cm³/mol. The van der Waals surface area contributed by atoms with Crippen LogP contribution in [0.1, 0.15) is 11.1 Å². The van der Waals surface area contributed by atoms with Gasteiger partial charge in [0.25, 0.3) is 0 Å². The maximum Gasteiger partial charge on any atom is 0.119 e. The van der Waals surface area contributed by atoms with Crippen LogP contribution in [-0.4, -0.2) is 45.3 Å². The first-order valence-electron chi connectivity index (χ1n) is 6.78. The van der Waals surface area contributed by atoms with Crippen molar-refractivity contribution in [2.45, 2.75) is 13.0 Å². The molecule has 20 heavy (non-hydrogen) atoms. The van der Waals surface area contributed by atoms with Gasteiger partial charge in [0.2, 0.25) is 0 Å². The van der Waals surface area contributed by atoms with E-state index in [1.165, 1.54) is 22.0 Å². The molecule has 0 atom stereocenters. The van der Waals surface area contributed by atoms with Gasteiger partial charge in [0, 0.05) is 23.6 Å². The molecule has 0 unspecified atom stereocenters. The van der Waals surface area contributed by atoms with Gasteiger partial charge in [0.05, 0.1) is 6.54 Å². The summed E-state index contributed by atoms with van der Waals surface area (Å²) in [5.41, 5.74) is 3.84. The zero-order chi connectivity index (χ0) is 13.9. The summed E-state index contributed by atoms with van der Waals surface area (Å²) in [6, 6.07) is 6.56. The van der Waals surface area contributed by atoms with E-state index < -0.39 is 0 Å². The molecular formula is C15H19N5. The number of hydrogen-bond donors (Lipinski definition) is 1. The predicted octanol–water partition coefficient (Wildman–Crippen LogP) is 1.91. The van der Waals surface area contributed by atoms with Gasteiger partial charge in [-0.1, -0.05) is 6.07 Å². The largest absolute Gasteiger partial charge is 0.361 e. The number of rotatable bonds is 5. The van der Waals surface area contributed by atoms with Crippen molar-refractivity contribution in [2.24, 2.45) is 0 Å². The highest BCUT2D eigenvalue weighted by Crippen LogP contribution is 2.21. The molecule has 0 saturated carbocycles. The van der Waals surface area contributed by atoms with Crippen LogP contribution in [-0.2, 0) is 13.0 Å². The Hall–Kier alpha value is -2.14. The molecule has 3 aromatic rings. The van der Waals surface area contributed by atoms with Crippen LogP contribution < -0.4 is 0 Å². The van der Waals surface area contributed by atoms with Crippen LogP contribution >= 0.6 is 0 Å². The highest BCUT2D eigenvalue weighted by molar-refractivity contribution is 5.83. The van der Waals surface area contributed by atoms with E-state index >= 15 is 0 Å². The van der Waals surface area contributed by atoms with Gasteiger partial charge in [-0.15, -0.1) is 10.2 Å². The fourth-order valence-electron chi connectivity index (χ4n) is 2.39. The second-order valence-electron chi connectivity index (χ2n) is 5.38. The number of nitrogens with zero attached hydrogens (tertiary/aromatic N) is 4. The van der Waals surface area contributed by atoms with E-state index in [0.717, 1.165) is 19.5 Å². The smallest absolute Gasteiger partial charge is 0.119 e. The third kappa shape index (κ3) is 2.72. The van der Waals surface area contributed by atoms with Crippen LogP contribution in [0.4, 0.5) is 0 Å². The van der Waals surface area contributed by atoms with E-state index in [0.29, 0.717) is 0 Å². The Bertz CT molecular complexity index is 681. The lowest BCUT2D eigenvalue weighted by Gasteiger charge is -2.08. The first kappa shape index (κ1) is 12.9. The van der Waals surface area contributed by atoms with Crippen LogP contribution in [0.2, 0.25) is 0 Å². The number of nitrogens with one attached hydrogen (secondary N) is 1. The summed E-state index contributed by atoms with van der Waals surface area (Å²) in [6.45, 7) is 1.86. The number of aromatic amines is 1. The summed E-state index contributed by atoms with van der Waals surface area (Å²) in [6.07, 6.45) is 6.67. The fraction of sp³-hybridized carbons (Fsp3) is 0.333. The average molecular weight is 269 g/mol. The molecule has 0 amide bonds. The van der Waals surface area contributed by atoms with Crippen molar-refractivity contribution < 1.29 is 0 Å². The molecule has 1 aromatic carbocycles. The normalized spacial score (nSPS) is 11.6. The van der Waals surface area contributed by atoms with Crippen molar-refractivity contribution >= 4 is 10.9 Å². The summed E-state index contributed by atoms with van der Waals surface area (Å²) in [5.74, 6) is 0. The summed E-state index contributed by atoms with van der Waals surface area (Å²) in [5, 5.41) is 8.99. The molecule has 0 aliphatic rings. The first-order valence-corrected chi connectivity index (χ1v) is 6.78. The minimum atomic E-state index is 0.807. The quantitative estimate of drug-likeness (QED) is 0.770. The van der Waals surface area contributed by atoms with Gasteiger partial charge in [-0.05, 0) is 43.8 Å². The van der Waals surface area contributed by atoms with Crippen molar-refractivity contribution in [3.8, 4) is 0 Å². The maximum atomic E-state index is 3.84. The van der Waals surface area contributed by atoms with E-state index in [1.807, 2.05) is 4.57 Å². The van der Waals surface area contributed by atoms with Crippen LogP contribution in [0.5, 0.6) is 0 Å². The van der Waals surface area contributed by atoms with Gasteiger partial charge in [0.1, 0.15) is 12.7 Å². The van der Waals surface area contributed by atoms with Crippen molar-refractivity contribution in [3.05, 3.63) is 48.2 Å². The lowest BCUT2D eigenvalue weighted by atomic mass is 10.1. The van der Waals surface area contributed by atoms with Crippen LogP contribution in [0.15, 0.2) is 37.1 Å². The highest BCUT2D eigenvalue weighted by atomic mass is 15.2. The lowest BCUT2D eigenvalue weighted by molar-refractivity contribution is 0.414. The van der Waals surface area contributed by atoms with Gasteiger partial charge in [0.15, 0.2) is 0 Å². The molecule has 0 bridgehead atoms. The Labute approximate surface area is 118 Å². The number of benzene rings is 1. The summed E-state index contributed by atoms with van der Waals surface area (Å²) in [7, 11) is 4.21. The SMILES string of the molecule is CN(C)CCc1c[nH]c2ccc(Cn3cnnc3)cc12. The van der Waals surface area contributed by atoms with Gasteiger partial charge in [-0.3, -0.25) is 0 Å². The van der Waals surface area contributed by atoms with E-state index in [2.05, 4.69) is 58.6 Å². The van der Waals surface area contributed by atoms with E-state index in [1.54, 1.807) is 12.7 Å². The summed E-state index contributed by atoms with van der Waals surface area (Å²) in [4.78, 5) is 5.56. The van der Waals surface area contributed by atoms with Crippen molar-refractivity contribution in [1.82, 2.24) is 24.6 Å². The minimum absolute atomic E-state index is 0.807. The van der Waals surface area contributed by atoms with E-state index in [-0.39, 0.29) is 0 Å². The van der Waals surface area contributed by atoms with E-state index in [4.69, 9.17) is 0 Å². The Morgan fingerprint density at radius 3 is 2.75 bits per heavy atom. The van der Waals surface area contributed by atoms with Crippen LogP contribution in [0, 0.1) is 0 Å². The highest BCUT2D eigenvalue weighted by Gasteiger charge is 2.05. The molecule has 0 fully saturated rings. The number of H-pyrrole nitrogens is 1. The topological polar surface area (TPSA) is 49.7 Å². The molecule has 2 heterocycles. The average Bonchev–Trinajstić information content (AvgIpc) is 3.05. The second-order valence-corrected chi connectivity index (χ2v) is 5.38. The van der Waals surface area contributed by atoms with Gasteiger partial charge in [-0.25, -0.2) is 0 Å². The Morgan fingerprint density at radius 2 is 2.00 bits per heavy atom. The number of fused-ring (bicyclic) bond motifs is 1. The maximum absolute atomic E-state index is 3.84. The Balaban J connectivity index is 1.86. The minimum Gasteiger partial charge on any atom is -0.361 e. The number of likely N-dealkylation sites (N-methyl/N-ethyl adjacent to an activating group) is 1. The van der Waals surface area contributed by atoms with Crippen molar-refractivity contribution in [2.75, 3.05) is 20.6 Å². The molecule has 5 heteroatoms. The molecule has 0 aliphatic heterocycles. The molecule has 5 nitrogen and oxygen atoms in total. The summed E-state index contributed by atoms with van der Waals surface area (Å²) < 4.78 is 1.98. The molecule has 2 aromatic heterocycles. The van der Waals surface area contributed by atoms with Crippen molar-refractivity contribution in [1.29, 1.82) is 0 Å². The lowest BCUT2D eigenvalue weighted by Crippen LogP contribution is -2.14. The van der Waals surface area contributed by atoms with Crippen LogP contribution in [0.25, 0.3) is 10.9 Å². The third-order valence-electron chi connectivity index (χ3n) is 3.49. The van der Waals surface area contributed by atoms with Gasteiger partial charge >= 0.3 is 0 Å². The molecule has 0 spiro atoms. The molecule has 0 aliphatic carbocycles. The summed E-state index contributed by atoms with van der Waals surface area (Å²) >= 11 is 0. The number of aromatic nitrogens is 4. The zero-order valence-electron chi connectivity index (χ0n) is 11.9. The fourth-order valence-corrected chi connectivity index (χ4v) is 2.39. The monoisotopic (exact) mass is 269 g/mol. The Kier molecular flexibility index (Phi) is 3.52. The van der Waals surface area contributed by atoms with Gasteiger partial charge < -0.3 is 14.5 Å². The second kappa shape index (κ2) is 5.46. The van der Waals surface area contributed by atoms with E-state index in [9.17, 15) is 0 Å². The molecular weight excluding hydrogens is 250 g/mol. The molecule has 3 rings (SSSR count). The van der Waals surface area contributed by atoms with Crippen LogP contribution in [0.3, 0.4) is 0 Å². The first-order chi connectivity index (χ1) is 9.72. The molecule has 0 radical (unpaired) electrons. The molecule has 1 N–H and O–H groups in total. The standard InChI is InChI=1S/C15H19N5/c1-19(2)6-5-13-8-16-15-4-3-12(7-14(13)15)9-20-10-17-18-11-20/h3-4,7-8,10-11,16H,5-6,9H2,1-2H3. The Morgan fingerprint density at radius 1 is 1.20 bits per heavy atom. The molecule has 0 saturated heterocycles. The number of hydrogen-bond acceptors (Lipinski definition) is 3.